The minimum absolute atomic E-state index is 0.00421. The lowest BCUT2D eigenvalue weighted by Crippen LogP contribution is -2.17. The van der Waals surface area contributed by atoms with Crippen LogP contribution in [-0.2, 0) is 10.0 Å². The molecule has 0 bridgehead atoms. The predicted octanol–water partition coefficient (Wildman–Crippen LogP) is 5.77. The van der Waals surface area contributed by atoms with Gasteiger partial charge in [0, 0.05) is 12.1 Å². The maximum atomic E-state index is 13.0. The highest BCUT2D eigenvalue weighted by atomic mass is 32.2. The van der Waals surface area contributed by atoms with Crippen LogP contribution in [0, 0.1) is 10.1 Å². The Morgan fingerprint density at radius 3 is 1.68 bits per heavy atom. The number of sulfonamides is 1. The summed E-state index contributed by atoms with van der Waals surface area (Å²) in [5.41, 5.74) is 3.52. The quantitative estimate of drug-likeness (QED) is 0.469. The molecular formula is C21H28N2O4S. The largest absolute Gasteiger partial charge is 0.279 e. The van der Waals surface area contributed by atoms with Crippen LogP contribution in [0.15, 0.2) is 41.3 Å². The normalized spacial score (nSPS) is 12.0. The van der Waals surface area contributed by atoms with Gasteiger partial charge in [-0.1, -0.05) is 53.7 Å². The third-order valence-corrected chi connectivity index (χ3v) is 6.09. The zero-order chi connectivity index (χ0) is 21.2. The standard InChI is InChI=1S/C21H28N2O4S/c1-13(2)16-11-19(14(3)4)21(20(12-16)15(5)6)22-28(26,27)18-9-7-17(8-10-18)23(24)25/h7-15,22H,1-6H3. The lowest BCUT2D eigenvalue weighted by atomic mass is 9.88. The molecule has 0 saturated heterocycles. The zero-order valence-electron chi connectivity index (χ0n) is 17.2. The Kier molecular flexibility index (Phi) is 6.49. The van der Waals surface area contributed by atoms with Gasteiger partial charge in [-0.3, -0.25) is 14.8 Å². The number of nitrogens with one attached hydrogen (secondary N) is 1. The highest BCUT2D eigenvalue weighted by Gasteiger charge is 2.23. The van der Waals surface area contributed by atoms with Gasteiger partial charge in [-0.2, -0.15) is 0 Å². The topological polar surface area (TPSA) is 89.3 Å². The van der Waals surface area contributed by atoms with Gasteiger partial charge in [0.05, 0.1) is 15.5 Å². The summed E-state index contributed by atoms with van der Waals surface area (Å²) >= 11 is 0. The van der Waals surface area contributed by atoms with Crippen molar-refractivity contribution in [3.05, 3.63) is 63.2 Å². The Bertz CT molecular complexity index is 933. The van der Waals surface area contributed by atoms with Gasteiger partial charge in [0.1, 0.15) is 0 Å². The van der Waals surface area contributed by atoms with E-state index in [1.807, 2.05) is 27.7 Å². The minimum atomic E-state index is -3.87. The molecule has 0 amide bonds. The first-order valence-corrected chi connectivity index (χ1v) is 10.9. The molecule has 0 radical (unpaired) electrons. The summed E-state index contributed by atoms with van der Waals surface area (Å²) in [4.78, 5) is 10.3. The van der Waals surface area contributed by atoms with E-state index in [0.717, 1.165) is 11.1 Å². The second-order valence-electron chi connectivity index (χ2n) is 7.89. The van der Waals surface area contributed by atoms with Crippen molar-refractivity contribution >= 4 is 21.4 Å². The van der Waals surface area contributed by atoms with Gasteiger partial charge in [-0.25, -0.2) is 8.42 Å². The lowest BCUT2D eigenvalue weighted by Gasteiger charge is -2.23. The van der Waals surface area contributed by atoms with E-state index in [1.165, 1.54) is 29.8 Å². The fourth-order valence-corrected chi connectivity index (χ4v) is 4.13. The van der Waals surface area contributed by atoms with E-state index >= 15 is 0 Å². The number of rotatable bonds is 7. The van der Waals surface area contributed by atoms with Crippen LogP contribution in [0.4, 0.5) is 11.4 Å². The van der Waals surface area contributed by atoms with Crippen molar-refractivity contribution in [3.63, 3.8) is 0 Å². The molecule has 1 N–H and O–H groups in total. The smallest absolute Gasteiger partial charge is 0.269 e. The van der Waals surface area contributed by atoms with Gasteiger partial charge in [-0.05, 0) is 46.6 Å². The van der Waals surface area contributed by atoms with Crippen molar-refractivity contribution in [2.24, 2.45) is 0 Å². The molecule has 2 aromatic carbocycles. The van der Waals surface area contributed by atoms with Gasteiger partial charge >= 0.3 is 0 Å². The average Bonchev–Trinajstić information content (AvgIpc) is 2.60. The van der Waals surface area contributed by atoms with E-state index in [-0.39, 0.29) is 22.4 Å². The zero-order valence-corrected chi connectivity index (χ0v) is 18.0. The van der Waals surface area contributed by atoms with Crippen LogP contribution >= 0.6 is 0 Å². The lowest BCUT2D eigenvalue weighted by molar-refractivity contribution is -0.384. The Morgan fingerprint density at radius 1 is 0.857 bits per heavy atom. The first-order valence-electron chi connectivity index (χ1n) is 9.39. The second-order valence-corrected chi connectivity index (χ2v) is 9.58. The molecule has 2 rings (SSSR count). The summed E-state index contributed by atoms with van der Waals surface area (Å²) < 4.78 is 28.7. The van der Waals surface area contributed by atoms with E-state index < -0.39 is 14.9 Å². The van der Waals surface area contributed by atoms with E-state index in [0.29, 0.717) is 11.6 Å². The number of anilines is 1. The van der Waals surface area contributed by atoms with Gasteiger partial charge in [0.2, 0.25) is 0 Å². The summed E-state index contributed by atoms with van der Waals surface area (Å²) in [6, 6.07) is 9.04. The molecule has 0 fully saturated rings. The molecule has 2 aromatic rings. The van der Waals surface area contributed by atoms with Crippen LogP contribution in [0.25, 0.3) is 0 Å². The molecule has 0 aromatic heterocycles. The van der Waals surface area contributed by atoms with Crippen molar-refractivity contribution in [1.82, 2.24) is 0 Å². The van der Waals surface area contributed by atoms with Crippen LogP contribution in [0.1, 0.15) is 76.0 Å². The molecule has 0 unspecified atom stereocenters. The fraction of sp³-hybridized carbons (Fsp3) is 0.429. The summed E-state index contributed by atoms with van der Waals surface area (Å²) in [6.07, 6.45) is 0. The molecule has 28 heavy (non-hydrogen) atoms. The Hall–Kier alpha value is -2.41. The first kappa shape index (κ1) is 21.9. The average molecular weight is 405 g/mol. The third-order valence-electron chi connectivity index (χ3n) is 4.73. The molecule has 0 aliphatic carbocycles. The maximum Gasteiger partial charge on any atom is 0.269 e. The highest BCUT2D eigenvalue weighted by molar-refractivity contribution is 7.92. The number of hydrogen-bond donors (Lipinski definition) is 1. The molecule has 6 nitrogen and oxygen atoms in total. The summed E-state index contributed by atoms with van der Waals surface area (Å²) in [5.74, 6) is 0.590. The van der Waals surface area contributed by atoms with Crippen molar-refractivity contribution in [2.75, 3.05) is 4.72 Å². The molecule has 0 atom stereocenters. The van der Waals surface area contributed by atoms with Crippen LogP contribution < -0.4 is 4.72 Å². The maximum absolute atomic E-state index is 13.0. The third kappa shape index (κ3) is 4.70. The number of hydrogen-bond acceptors (Lipinski definition) is 4. The van der Waals surface area contributed by atoms with Crippen molar-refractivity contribution in [2.45, 2.75) is 64.2 Å². The van der Waals surface area contributed by atoms with E-state index in [9.17, 15) is 18.5 Å². The number of nitrogens with zero attached hydrogens (tertiary/aromatic N) is 1. The van der Waals surface area contributed by atoms with Crippen molar-refractivity contribution in [3.8, 4) is 0 Å². The van der Waals surface area contributed by atoms with Crippen LogP contribution in [0.5, 0.6) is 0 Å². The van der Waals surface area contributed by atoms with E-state index in [2.05, 4.69) is 30.7 Å². The number of non-ortho nitro benzene ring substituents is 1. The number of nitro benzene ring substituents is 1. The molecule has 152 valence electrons. The van der Waals surface area contributed by atoms with E-state index in [4.69, 9.17) is 0 Å². The number of benzene rings is 2. The molecular weight excluding hydrogens is 376 g/mol. The SMILES string of the molecule is CC(C)c1cc(C(C)C)c(NS(=O)(=O)c2ccc([N+](=O)[O-])cc2)c(C(C)C)c1. The Morgan fingerprint density at radius 2 is 1.32 bits per heavy atom. The van der Waals surface area contributed by atoms with Crippen LogP contribution in [-0.4, -0.2) is 13.3 Å². The summed E-state index contributed by atoms with van der Waals surface area (Å²) in [5, 5.41) is 10.8. The fourth-order valence-electron chi connectivity index (χ4n) is 3.01. The minimum Gasteiger partial charge on any atom is -0.279 e. The van der Waals surface area contributed by atoms with Crippen molar-refractivity contribution < 1.29 is 13.3 Å². The van der Waals surface area contributed by atoms with Gasteiger partial charge in [0.25, 0.3) is 15.7 Å². The Balaban J connectivity index is 2.58. The van der Waals surface area contributed by atoms with Crippen molar-refractivity contribution in [1.29, 1.82) is 0 Å². The molecule has 7 heteroatoms. The second kappa shape index (κ2) is 8.31. The monoisotopic (exact) mass is 404 g/mol. The summed E-state index contributed by atoms with van der Waals surface area (Å²) in [7, 11) is -3.87. The van der Waals surface area contributed by atoms with Gasteiger partial charge in [-0.15, -0.1) is 0 Å². The number of nitro groups is 1. The van der Waals surface area contributed by atoms with E-state index in [1.54, 1.807) is 0 Å². The summed E-state index contributed by atoms with van der Waals surface area (Å²) in [6.45, 7) is 12.4. The molecule has 0 heterocycles. The molecule has 0 aliphatic heterocycles. The van der Waals surface area contributed by atoms with Crippen LogP contribution in [0.3, 0.4) is 0 Å². The molecule has 0 saturated carbocycles. The Labute approximate surface area is 167 Å². The van der Waals surface area contributed by atoms with Gasteiger partial charge in [0.15, 0.2) is 0 Å². The highest BCUT2D eigenvalue weighted by Crippen LogP contribution is 2.37. The molecule has 0 aliphatic rings. The van der Waals surface area contributed by atoms with Gasteiger partial charge < -0.3 is 0 Å². The van der Waals surface area contributed by atoms with Crippen LogP contribution in [0.2, 0.25) is 0 Å². The first-order chi connectivity index (χ1) is 12.9. The molecule has 0 spiro atoms. The predicted molar refractivity (Wildman–Crippen MR) is 113 cm³/mol.